The Morgan fingerprint density at radius 2 is 2.62 bits per heavy atom. The molecule has 40 valence electrons. The molecule has 0 fully saturated rings. The van der Waals surface area contributed by atoms with Gasteiger partial charge in [-0.25, -0.2) is 4.68 Å². The Balaban J connectivity index is 3.35. The van der Waals surface area contributed by atoms with E-state index in [1.807, 2.05) is 0 Å². The molecule has 8 heavy (non-hydrogen) atoms. The van der Waals surface area contributed by atoms with Gasteiger partial charge in [-0.1, -0.05) is 0 Å². The zero-order chi connectivity index (χ0) is 5.98. The van der Waals surface area contributed by atoms with Crippen molar-refractivity contribution < 1.29 is 0 Å². The van der Waals surface area contributed by atoms with E-state index in [0.29, 0.717) is 0 Å². The summed E-state index contributed by atoms with van der Waals surface area (Å²) in [6.07, 6.45) is 1.39. The van der Waals surface area contributed by atoms with E-state index in [9.17, 15) is 4.79 Å². The van der Waals surface area contributed by atoms with Gasteiger partial charge in [0.05, 0.1) is 12.3 Å². The molecule has 0 aliphatic rings. The first-order valence-corrected chi connectivity index (χ1v) is 2.12. The van der Waals surface area contributed by atoms with E-state index in [0.717, 1.165) is 0 Å². The van der Waals surface area contributed by atoms with Gasteiger partial charge in [0.15, 0.2) is 0 Å². The van der Waals surface area contributed by atoms with E-state index in [1.54, 1.807) is 7.05 Å². The second-order valence-corrected chi connectivity index (χ2v) is 1.34. The van der Waals surface area contributed by atoms with E-state index in [1.165, 1.54) is 10.9 Å². The zero-order valence-electron chi connectivity index (χ0n) is 4.38. The second kappa shape index (κ2) is 1.78. The second-order valence-electron chi connectivity index (χ2n) is 1.34. The van der Waals surface area contributed by atoms with Crippen LogP contribution < -0.4 is 5.56 Å². The van der Waals surface area contributed by atoms with Crippen LogP contribution in [0, 0.1) is 12.1 Å². The van der Waals surface area contributed by atoms with Crippen molar-refractivity contribution >= 4 is 0 Å². The van der Waals surface area contributed by atoms with Crippen LogP contribution in [0.1, 0.15) is 0 Å². The van der Waals surface area contributed by atoms with Crippen LogP contribution in [0.2, 0.25) is 0 Å². The zero-order valence-corrected chi connectivity index (χ0v) is 4.38. The average molecular weight is 108 g/mol. The normalized spacial score (nSPS) is 9.12. The molecule has 3 nitrogen and oxygen atoms in total. The summed E-state index contributed by atoms with van der Waals surface area (Å²) < 4.78 is 1.19. The van der Waals surface area contributed by atoms with Crippen molar-refractivity contribution in [1.29, 1.82) is 0 Å². The summed E-state index contributed by atoms with van der Waals surface area (Å²) in [6.45, 7) is 0. The van der Waals surface area contributed by atoms with Crippen LogP contribution in [0.4, 0.5) is 0 Å². The molecule has 0 bridgehead atoms. The minimum absolute atomic E-state index is 0.257. The molecule has 1 aromatic rings. The third-order valence-corrected chi connectivity index (χ3v) is 0.769. The van der Waals surface area contributed by atoms with E-state index in [-0.39, 0.29) is 5.56 Å². The van der Waals surface area contributed by atoms with Crippen LogP contribution in [0.3, 0.4) is 0 Å². The summed E-state index contributed by atoms with van der Waals surface area (Å²) in [5.41, 5.74) is -0.257. The van der Waals surface area contributed by atoms with Gasteiger partial charge in [-0.2, -0.15) is 5.10 Å². The Morgan fingerprint density at radius 3 is 3.00 bits per heavy atom. The summed E-state index contributed by atoms with van der Waals surface area (Å²) in [5, 5.41) is 3.60. The summed E-state index contributed by atoms with van der Waals surface area (Å²) in [7, 11) is 1.56. The fourth-order valence-electron chi connectivity index (χ4n) is 0.343. The van der Waals surface area contributed by atoms with Crippen LogP contribution in [-0.2, 0) is 7.05 Å². The molecule has 0 spiro atoms. The summed E-state index contributed by atoms with van der Waals surface area (Å²) in [5.74, 6) is 0. The fraction of sp³-hybridized carbons (Fsp3) is 0.200. The number of hydrogen-bond acceptors (Lipinski definition) is 2. The molecule has 0 saturated heterocycles. The van der Waals surface area contributed by atoms with E-state index in [2.05, 4.69) is 17.2 Å². The van der Waals surface area contributed by atoms with E-state index < -0.39 is 0 Å². The molecule has 0 saturated carbocycles. The van der Waals surface area contributed by atoms with Crippen molar-refractivity contribution in [2.45, 2.75) is 0 Å². The highest BCUT2D eigenvalue weighted by Gasteiger charge is 1.82. The molecule has 2 radical (unpaired) electrons. The molecule has 0 aliphatic heterocycles. The Morgan fingerprint density at radius 1 is 1.88 bits per heavy atom. The molecule has 0 unspecified atom stereocenters. The maximum atomic E-state index is 10.4. The molecule has 1 aromatic heterocycles. The predicted molar refractivity (Wildman–Crippen MR) is 27.1 cm³/mol. The van der Waals surface area contributed by atoms with Gasteiger partial charge in [0.25, 0.3) is 5.56 Å². The molecule has 0 aliphatic carbocycles. The minimum atomic E-state index is -0.257. The highest BCUT2D eigenvalue weighted by Crippen LogP contribution is 1.63. The van der Waals surface area contributed by atoms with Crippen molar-refractivity contribution in [3.05, 3.63) is 28.7 Å². The largest absolute Gasteiger partial charge is 0.275 e. The summed E-state index contributed by atoms with van der Waals surface area (Å²) in [6, 6.07) is 4.75. The summed E-state index contributed by atoms with van der Waals surface area (Å²) in [4.78, 5) is 10.4. The van der Waals surface area contributed by atoms with Crippen LogP contribution >= 0.6 is 0 Å². The highest BCUT2D eigenvalue weighted by atomic mass is 16.1. The Hall–Kier alpha value is -1.12. The maximum Gasteiger partial charge on any atom is 0.275 e. The van der Waals surface area contributed by atoms with Crippen molar-refractivity contribution in [3.8, 4) is 0 Å². The molecule has 1 rings (SSSR count). The summed E-state index contributed by atoms with van der Waals surface area (Å²) >= 11 is 0. The molecular weight excluding hydrogens is 104 g/mol. The van der Waals surface area contributed by atoms with E-state index in [4.69, 9.17) is 0 Å². The Labute approximate surface area is 46.6 Å². The minimum Gasteiger partial charge on any atom is -0.267 e. The quantitative estimate of drug-likeness (QED) is 0.444. The highest BCUT2D eigenvalue weighted by molar-refractivity contribution is 4.78. The SMILES string of the molecule is Cn1nc[c][c]c1=O. The number of rotatable bonds is 0. The first-order valence-electron chi connectivity index (χ1n) is 2.12. The maximum absolute atomic E-state index is 10.4. The lowest BCUT2D eigenvalue weighted by atomic mass is 10.6. The Kier molecular flexibility index (Phi) is 1.12. The lowest BCUT2D eigenvalue weighted by Crippen LogP contribution is -2.17. The number of nitrogens with zero attached hydrogens (tertiary/aromatic N) is 2. The molecule has 3 heteroatoms. The van der Waals surface area contributed by atoms with E-state index >= 15 is 0 Å². The van der Waals surface area contributed by atoms with Crippen molar-refractivity contribution in [3.63, 3.8) is 0 Å². The average Bonchev–Trinajstić information content (AvgIpc) is 1.77. The van der Waals surface area contributed by atoms with Gasteiger partial charge in [0.2, 0.25) is 0 Å². The first kappa shape index (κ1) is 5.03. The van der Waals surface area contributed by atoms with Gasteiger partial charge in [-0.3, -0.25) is 4.79 Å². The lowest BCUT2D eigenvalue weighted by molar-refractivity contribution is 0.705. The molecule has 0 N–H and O–H groups in total. The number of hydrogen-bond donors (Lipinski definition) is 0. The Bertz CT molecular complexity index is 228. The standard InChI is InChI=1S/C5H4N2O/c1-7-5(8)3-2-4-6-7/h4H,1H3. The monoisotopic (exact) mass is 108 g/mol. The third kappa shape index (κ3) is 0.753. The fourth-order valence-corrected chi connectivity index (χ4v) is 0.343. The number of aromatic nitrogens is 2. The molecule has 0 aromatic carbocycles. The van der Waals surface area contributed by atoms with Crippen molar-refractivity contribution in [1.82, 2.24) is 9.78 Å². The topological polar surface area (TPSA) is 34.9 Å². The third-order valence-electron chi connectivity index (χ3n) is 0.769. The van der Waals surface area contributed by atoms with Gasteiger partial charge in [0, 0.05) is 13.1 Å². The smallest absolute Gasteiger partial charge is 0.267 e. The molecule has 0 amide bonds. The lowest BCUT2D eigenvalue weighted by Gasteiger charge is -1.86. The van der Waals surface area contributed by atoms with Crippen molar-refractivity contribution in [2.24, 2.45) is 7.05 Å². The van der Waals surface area contributed by atoms with Crippen molar-refractivity contribution in [2.75, 3.05) is 0 Å². The molecule has 0 atom stereocenters. The van der Waals surface area contributed by atoms with Crippen LogP contribution in [0.15, 0.2) is 11.0 Å². The number of aryl methyl sites for hydroxylation is 1. The van der Waals surface area contributed by atoms with Crippen LogP contribution in [0.25, 0.3) is 0 Å². The van der Waals surface area contributed by atoms with Crippen LogP contribution in [-0.4, -0.2) is 9.78 Å². The first-order chi connectivity index (χ1) is 3.80. The van der Waals surface area contributed by atoms with Gasteiger partial charge in [0.1, 0.15) is 0 Å². The van der Waals surface area contributed by atoms with Gasteiger partial charge in [-0.15, -0.1) is 0 Å². The van der Waals surface area contributed by atoms with Gasteiger partial charge < -0.3 is 0 Å². The van der Waals surface area contributed by atoms with Gasteiger partial charge in [-0.05, 0) is 0 Å². The predicted octanol–water partition coefficient (Wildman–Crippen LogP) is -0.619. The van der Waals surface area contributed by atoms with Crippen LogP contribution in [0.5, 0.6) is 0 Å². The molecular formula is C5H4N2O. The molecule has 1 heterocycles. The van der Waals surface area contributed by atoms with Gasteiger partial charge >= 0.3 is 0 Å².